The van der Waals surface area contributed by atoms with Gasteiger partial charge in [-0.3, -0.25) is 24.1 Å². The summed E-state index contributed by atoms with van der Waals surface area (Å²) < 4.78 is 32.2. The Hall–Kier alpha value is -6.71. The number of aliphatic hydroxyl groups is 1. The van der Waals surface area contributed by atoms with Gasteiger partial charge in [0.25, 0.3) is 5.91 Å². The maximum Gasteiger partial charge on any atom is 0.259 e. The molecule has 5 aromatic rings. The minimum atomic E-state index is -1.05. The van der Waals surface area contributed by atoms with Crippen molar-refractivity contribution in [2.75, 3.05) is 36.2 Å². The fourth-order valence-electron chi connectivity index (χ4n) is 8.24. The van der Waals surface area contributed by atoms with E-state index in [1.165, 1.54) is 34.4 Å². The summed E-state index contributed by atoms with van der Waals surface area (Å²) >= 11 is 12.0. The molecule has 15 nitrogen and oxygen atoms in total. The van der Waals surface area contributed by atoms with Gasteiger partial charge in [0.05, 0.1) is 35.2 Å². The molecule has 0 radical (unpaired) electrons. The largest absolute Gasteiger partial charge is 0.493 e. The van der Waals surface area contributed by atoms with Crippen LogP contribution in [0.5, 0.6) is 5.75 Å². The van der Waals surface area contributed by atoms with Crippen LogP contribution < -0.4 is 25.2 Å². The van der Waals surface area contributed by atoms with Crippen LogP contribution >= 0.6 is 23.8 Å². The average molecular weight is 979 g/mol. The normalized spacial score (nSPS) is 17.2. The number of benzene rings is 4. The van der Waals surface area contributed by atoms with E-state index in [1.807, 2.05) is 30.3 Å². The third-order valence-electron chi connectivity index (χ3n) is 12.0. The summed E-state index contributed by atoms with van der Waals surface area (Å²) in [6, 6.07) is 23.9. The Morgan fingerprint density at radius 3 is 2.36 bits per heavy atom. The Balaban J connectivity index is 0.844. The van der Waals surface area contributed by atoms with Crippen LogP contribution in [0.2, 0.25) is 5.02 Å². The minimum absolute atomic E-state index is 0.0482. The number of halogens is 2. The molecule has 2 aliphatic heterocycles. The summed E-state index contributed by atoms with van der Waals surface area (Å²) in [7, 11) is 0. The van der Waals surface area contributed by atoms with Crippen molar-refractivity contribution < 1.29 is 42.6 Å². The highest BCUT2D eigenvalue weighted by Gasteiger charge is 2.50. The maximum absolute atomic E-state index is 15.5. The number of hydrogen-bond acceptors (Lipinski definition) is 11. The molecule has 4 amide bonds. The van der Waals surface area contributed by atoms with Crippen LogP contribution in [0.1, 0.15) is 65.0 Å². The van der Waals surface area contributed by atoms with E-state index < -0.39 is 52.7 Å². The highest BCUT2D eigenvalue weighted by Crippen LogP contribution is 2.39. The zero-order valence-electron chi connectivity index (χ0n) is 38.8. The van der Waals surface area contributed by atoms with E-state index in [0.29, 0.717) is 46.9 Å². The number of nitriles is 1. The Labute approximate surface area is 410 Å². The number of aliphatic hydroxyl groups excluding tert-OH is 1. The number of aromatic nitrogens is 1. The molecular weight excluding hydrogens is 925 g/mol. The second-order valence-electron chi connectivity index (χ2n) is 18.4. The number of carbonyl (C=O) groups is 4. The molecule has 2 saturated heterocycles. The van der Waals surface area contributed by atoms with Gasteiger partial charge >= 0.3 is 0 Å². The van der Waals surface area contributed by atoms with Crippen molar-refractivity contribution >= 4 is 63.9 Å². The lowest BCUT2D eigenvalue weighted by Gasteiger charge is -2.35. The number of carbonyl (C=O) groups excluding carboxylic acids is 4. The first-order valence-corrected chi connectivity index (χ1v) is 23.2. The van der Waals surface area contributed by atoms with Gasteiger partial charge in [0.1, 0.15) is 41.9 Å². The molecule has 1 aromatic heterocycles. The van der Waals surface area contributed by atoms with Gasteiger partial charge in [-0.25, -0.2) is 9.37 Å². The summed E-state index contributed by atoms with van der Waals surface area (Å²) in [6.45, 7) is 9.29. The first-order chi connectivity index (χ1) is 32.9. The van der Waals surface area contributed by atoms with Crippen molar-refractivity contribution in [3.63, 3.8) is 0 Å². The lowest BCUT2D eigenvalue weighted by Crippen LogP contribution is -2.58. The topological polar surface area (TPSA) is 191 Å². The lowest BCUT2D eigenvalue weighted by atomic mass is 9.85. The molecule has 0 aliphatic carbocycles. The molecule has 0 bridgehead atoms. The smallest absolute Gasteiger partial charge is 0.259 e. The monoisotopic (exact) mass is 977 g/mol. The number of likely N-dealkylation sites (tertiary alicyclic amines) is 1. The highest BCUT2D eigenvalue weighted by molar-refractivity contribution is 7.81. The van der Waals surface area contributed by atoms with Gasteiger partial charge in [-0.1, -0.05) is 68.8 Å². The highest BCUT2D eigenvalue weighted by atomic mass is 35.5. The molecule has 3 heterocycles. The van der Waals surface area contributed by atoms with Crippen molar-refractivity contribution in [2.24, 2.45) is 5.41 Å². The molecule has 360 valence electrons. The van der Waals surface area contributed by atoms with E-state index in [0.717, 1.165) is 11.1 Å². The number of ether oxygens (including phenoxy) is 2. The van der Waals surface area contributed by atoms with Crippen molar-refractivity contribution in [1.82, 2.24) is 20.5 Å². The zero-order chi connectivity index (χ0) is 49.6. The Morgan fingerprint density at radius 2 is 1.71 bits per heavy atom. The van der Waals surface area contributed by atoms with Gasteiger partial charge in [0.2, 0.25) is 17.7 Å². The summed E-state index contributed by atoms with van der Waals surface area (Å²) in [5.74, 6) is -1.18. The molecule has 0 spiro atoms. The fraction of sp³-hybridized carbons (Fsp3) is 0.353. The summed E-state index contributed by atoms with van der Waals surface area (Å²) in [5.41, 5.74) is 2.20. The first-order valence-electron chi connectivity index (χ1n) is 22.4. The zero-order valence-corrected chi connectivity index (χ0v) is 40.4. The maximum atomic E-state index is 15.5. The molecule has 2 fully saturated rings. The van der Waals surface area contributed by atoms with Crippen LogP contribution in [-0.4, -0.2) is 93.8 Å². The van der Waals surface area contributed by atoms with Gasteiger partial charge in [0, 0.05) is 49.0 Å². The molecule has 3 N–H and O–H groups in total. The van der Waals surface area contributed by atoms with Crippen molar-refractivity contribution in [3.05, 3.63) is 119 Å². The predicted molar refractivity (Wildman–Crippen MR) is 261 cm³/mol. The van der Waals surface area contributed by atoms with Gasteiger partial charge in [-0.15, -0.1) is 0 Å². The molecule has 4 aromatic carbocycles. The third-order valence-corrected chi connectivity index (χ3v) is 12.7. The van der Waals surface area contributed by atoms with Gasteiger partial charge in [-0.05, 0) is 97.9 Å². The molecule has 0 saturated carbocycles. The van der Waals surface area contributed by atoms with Crippen molar-refractivity contribution in [1.29, 1.82) is 5.26 Å². The van der Waals surface area contributed by atoms with E-state index in [1.54, 1.807) is 88.2 Å². The Kier molecular flexibility index (Phi) is 15.5. The van der Waals surface area contributed by atoms with Crippen LogP contribution in [0, 0.1) is 22.6 Å². The van der Waals surface area contributed by atoms with Gasteiger partial charge in [0.15, 0.2) is 17.3 Å². The standard InChI is InChI=1S/C51H53ClFN7O8S/c1-50(2,3)45(47(64)58-28-37(61)23-42(58)46(63)56-26-31-8-10-33(11-9-31)43-27-55-30-68-43)57-44(62)29-66-20-6-7-21-67-38-18-19-39(41(53)24-38)32-12-15-35(16-13-32)60-49(69)59(48(65)51(60,4)5)36-17-14-34(25-54)40(52)22-36/h8-19,22,24,27,30,37,42,45,61H,6-7,20-21,23,26,28-29H2,1-5H3,(H,56,63)(H,57,62)/t37-,42+,45-/m1/s1. The Bertz CT molecular complexity index is 2740. The van der Waals surface area contributed by atoms with E-state index in [2.05, 4.69) is 15.6 Å². The van der Waals surface area contributed by atoms with Crippen LogP contribution in [0.4, 0.5) is 15.8 Å². The third kappa shape index (κ3) is 11.4. The number of thiocarbonyl (C=S) groups is 1. The number of oxazole rings is 1. The minimum Gasteiger partial charge on any atom is -0.493 e. The number of rotatable bonds is 17. The molecule has 2 aliphatic rings. The predicted octanol–water partition coefficient (Wildman–Crippen LogP) is 7.57. The molecule has 3 atom stereocenters. The fourth-order valence-corrected chi connectivity index (χ4v) is 8.98. The van der Waals surface area contributed by atoms with E-state index in [9.17, 15) is 29.5 Å². The number of unbranched alkanes of at least 4 members (excludes halogenated alkanes) is 1. The second kappa shape index (κ2) is 21.3. The van der Waals surface area contributed by atoms with Gasteiger partial charge in [-0.2, -0.15) is 5.26 Å². The number of β-amino-alcohol motifs (C(OH)–C–C–N with tert-alkyl or cyclic N) is 1. The van der Waals surface area contributed by atoms with Crippen LogP contribution in [-0.2, 0) is 30.5 Å². The second-order valence-corrected chi connectivity index (χ2v) is 19.2. The van der Waals surface area contributed by atoms with Gasteiger partial charge < -0.3 is 39.4 Å². The van der Waals surface area contributed by atoms with Crippen LogP contribution in [0.15, 0.2) is 102 Å². The average Bonchev–Trinajstić information content (AvgIpc) is 4.04. The first kappa shape index (κ1) is 50.2. The molecule has 0 unspecified atom stereocenters. The summed E-state index contributed by atoms with van der Waals surface area (Å²) in [6.07, 6.45) is 3.21. The summed E-state index contributed by atoms with van der Waals surface area (Å²) in [5, 5.41) is 25.9. The van der Waals surface area contributed by atoms with Crippen LogP contribution in [0.25, 0.3) is 22.5 Å². The number of nitrogens with one attached hydrogen (secondary N) is 2. The van der Waals surface area contributed by atoms with Crippen molar-refractivity contribution in [3.8, 4) is 34.3 Å². The quantitative estimate of drug-likeness (QED) is 0.0613. The van der Waals surface area contributed by atoms with E-state index in [4.69, 9.17) is 37.7 Å². The van der Waals surface area contributed by atoms with E-state index >= 15 is 4.39 Å². The number of nitrogens with zero attached hydrogens (tertiary/aromatic N) is 5. The lowest BCUT2D eigenvalue weighted by molar-refractivity contribution is -0.144. The summed E-state index contributed by atoms with van der Waals surface area (Å²) in [4.78, 5) is 62.4. The SMILES string of the molecule is CC(C)(C)[C@H](NC(=O)COCCCCOc1ccc(-c2ccc(N3C(=S)N(c4ccc(C#N)c(Cl)c4)C(=O)C3(C)C)cc2)c(F)c1)C(=O)N1C[C@H](O)C[C@H]1C(=O)NCc1ccc(-c2cnco2)cc1. The van der Waals surface area contributed by atoms with Crippen molar-refractivity contribution in [2.45, 2.75) is 84.2 Å². The van der Waals surface area contributed by atoms with Crippen LogP contribution in [0.3, 0.4) is 0 Å². The van der Waals surface area contributed by atoms with E-state index in [-0.39, 0.29) is 60.9 Å². The molecule has 18 heteroatoms. The number of amides is 4. The number of anilines is 2. The molecular formula is C51H53ClFN7O8S. The molecule has 69 heavy (non-hydrogen) atoms. The molecule has 7 rings (SSSR count). The number of hydrogen-bond donors (Lipinski definition) is 3. The Morgan fingerprint density at radius 1 is 1.01 bits per heavy atom.